The van der Waals surface area contributed by atoms with Gasteiger partial charge in [-0.25, -0.2) is 0 Å². The van der Waals surface area contributed by atoms with E-state index >= 15 is 0 Å². The van der Waals surface area contributed by atoms with Crippen LogP contribution >= 0.6 is 0 Å². The number of hydrogen-bond acceptors (Lipinski definition) is 2. The molecule has 0 amide bonds. The molecule has 2 nitrogen and oxygen atoms in total. The first-order valence-corrected chi connectivity index (χ1v) is 3.99. The van der Waals surface area contributed by atoms with E-state index in [0.717, 1.165) is 26.3 Å². The van der Waals surface area contributed by atoms with E-state index in [2.05, 4.69) is 25.7 Å². The molecule has 1 saturated heterocycles. The van der Waals surface area contributed by atoms with E-state index in [4.69, 9.17) is 4.74 Å². The van der Waals surface area contributed by atoms with Gasteiger partial charge in [0.05, 0.1) is 13.2 Å². The lowest BCUT2D eigenvalue weighted by Gasteiger charge is -2.41. The smallest absolute Gasteiger partial charge is 0.0645 e. The van der Waals surface area contributed by atoms with E-state index in [9.17, 15) is 0 Å². The Morgan fingerprint density at radius 1 is 1.50 bits per heavy atom. The zero-order chi connectivity index (χ0) is 7.61. The number of hydrogen-bond donors (Lipinski definition) is 0. The minimum atomic E-state index is 0.257. The molecule has 0 aromatic heterocycles. The number of likely N-dealkylation sites (N-methyl/N-ethyl adjacent to an activating group) is 1. The van der Waals surface area contributed by atoms with Gasteiger partial charge in [0.1, 0.15) is 0 Å². The van der Waals surface area contributed by atoms with E-state index in [1.807, 2.05) is 0 Å². The Kier molecular flexibility index (Phi) is 2.32. The lowest BCUT2D eigenvalue weighted by Crippen LogP contribution is -2.52. The minimum absolute atomic E-state index is 0.257. The summed E-state index contributed by atoms with van der Waals surface area (Å²) < 4.78 is 5.38. The highest BCUT2D eigenvalue weighted by Gasteiger charge is 2.28. The van der Waals surface area contributed by atoms with Crippen LogP contribution < -0.4 is 0 Å². The van der Waals surface area contributed by atoms with Crippen LogP contribution in [-0.2, 0) is 4.74 Å². The van der Waals surface area contributed by atoms with Crippen molar-refractivity contribution in [2.24, 2.45) is 0 Å². The van der Waals surface area contributed by atoms with Crippen LogP contribution in [0.25, 0.3) is 0 Å². The first kappa shape index (κ1) is 8.02. The van der Waals surface area contributed by atoms with Gasteiger partial charge < -0.3 is 4.74 Å². The molecule has 10 heavy (non-hydrogen) atoms. The fourth-order valence-electron chi connectivity index (χ4n) is 1.48. The molecule has 1 rings (SSSR count). The maximum absolute atomic E-state index is 5.38. The molecule has 2 heteroatoms. The Morgan fingerprint density at radius 3 is 2.60 bits per heavy atom. The molecule has 1 fully saturated rings. The summed E-state index contributed by atoms with van der Waals surface area (Å²) >= 11 is 0. The Morgan fingerprint density at radius 2 is 2.20 bits per heavy atom. The molecule has 0 saturated carbocycles. The second kappa shape index (κ2) is 2.89. The summed E-state index contributed by atoms with van der Waals surface area (Å²) in [5.41, 5.74) is 0.257. The van der Waals surface area contributed by atoms with E-state index in [1.54, 1.807) is 0 Å². The van der Waals surface area contributed by atoms with Crippen molar-refractivity contribution in [2.75, 3.05) is 26.3 Å². The van der Waals surface area contributed by atoms with Crippen LogP contribution in [-0.4, -0.2) is 36.7 Å². The predicted molar refractivity (Wildman–Crippen MR) is 42.1 cm³/mol. The first-order chi connectivity index (χ1) is 4.67. The van der Waals surface area contributed by atoms with Crippen molar-refractivity contribution in [3.8, 4) is 0 Å². The molecular formula is C8H17NO. The maximum Gasteiger partial charge on any atom is 0.0645 e. The molecule has 1 heterocycles. The van der Waals surface area contributed by atoms with Crippen LogP contribution in [0.3, 0.4) is 0 Å². The fourth-order valence-corrected chi connectivity index (χ4v) is 1.48. The zero-order valence-corrected chi connectivity index (χ0v) is 7.18. The van der Waals surface area contributed by atoms with Crippen LogP contribution in [0.4, 0.5) is 0 Å². The standard InChI is InChI=1S/C8H17NO/c1-4-9-5-6-10-7-8(9,2)3/h4-7H2,1-3H3. The van der Waals surface area contributed by atoms with Gasteiger partial charge in [0.25, 0.3) is 0 Å². The zero-order valence-electron chi connectivity index (χ0n) is 7.18. The summed E-state index contributed by atoms with van der Waals surface area (Å²) in [5.74, 6) is 0. The molecule has 0 bridgehead atoms. The Balaban J connectivity index is 2.51. The summed E-state index contributed by atoms with van der Waals surface area (Å²) in [6.45, 7) is 10.7. The van der Waals surface area contributed by atoms with Gasteiger partial charge in [-0.3, -0.25) is 4.90 Å². The fraction of sp³-hybridized carbons (Fsp3) is 1.00. The lowest BCUT2D eigenvalue weighted by molar-refractivity contribution is -0.0481. The highest BCUT2D eigenvalue weighted by molar-refractivity contribution is 4.83. The van der Waals surface area contributed by atoms with Crippen molar-refractivity contribution >= 4 is 0 Å². The lowest BCUT2D eigenvalue weighted by atomic mass is 10.0. The van der Waals surface area contributed by atoms with E-state index < -0.39 is 0 Å². The average molecular weight is 143 g/mol. The second-order valence-electron chi connectivity index (χ2n) is 3.44. The van der Waals surface area contributed by atoms with Crippen molar-refractivity contribution in [2.45, 2.75) is 26.3 Å². The third kappa shape index (κ3) is 1.50. The highest BCUT2D eigenvalue weighted by atomic mass is 16.5. The SMILES string of the molecule is CCN1CCOCC1(C)C. The molecule has 0 atom stereocenters. The highest BCUT2D eigenvalue weighted by Crippen LogP contribution is 2.17. The number of ether oxygens (including phenoxy) is 1. The molecule has 0 N–H and O–H groups in total. The van der Waals surface area contributed by atoms with E-state index in [0.29, 0.717) is 0 Å². The van der Waals surface area contributed by atoms with Crippen LogP contribution in [0, 0.1) is 0 Å². The molecule has 0 aliphatic carbocycles. The van der Waals surface area contributed by atoms with Crippen molar-refractivity contribution in [1.29, 1.82) is 0 Å². The minimum Gasteiger partial charge on any atom is -0.378 e. The first-order valence-electron chi connectivity index (χ1n) is 3.99. The largest absolute Gasteiger partial charge is 0.378 e. The molecule has 0 aromatic carbocycles. The second-order valence-corrected chi connectivity index (χ2v) is 3.44. The molecule has 60 valence electrons. The summed E-state index contributed by atoms with van der Waals surface area (Å²) in [6.07, 6.45) is 0. The Labute approximate surface area is 63.2 Å². The summed E-state index contributed by atoms with van der Waals surface area (Å²) in [5, 5.41) is 0. The number of rotatable bonds is 1. The van der Waals surface area contributed by atoms with Crippen molar-refractivity contribution < 1.29 is 4.74 Å². The predicted octanol–water partition coefficient (Wildman–Crippen LogP) is 1.12. The van der Waals surface area contributed by atoms with Gasteiger partial charge in [-0.2, -0.15) is 0 Å². The molecular weight excluding hydrogens is 126 g/mol. The monoisotopic (exact) mass is 143 g/mol. The summed E-state index contributed by atoms with van der Waals surface area (Å²) in [7, 11) is 0. The third-order valence-electron chi connectivity index (χ3n) is 2.20. The molecule has 0 aromatic rings. The third-order valence-corrected chi connectivity index (χ3v) is 2.20. The Bertz CT molecular complexity index is 112. The van der Waals surface area contributed by atoms with Crippen LogP contribution in [0.1, 0.15) is 20.8 Å². The molecule has 0 unspecified atom stereocenters. The van der Waals surface area contributed by atoms with Crippen LogP contribution in [0.15, 0.2) is 0 Å². The van der Waals surface area contributed by atoms with Crippen molar-refractivity contribution in [1.82, 2.24) is 4.90 Å². The van der Waals surface area contributed by atoms with Gasteiger partial charge in [-0.15, -0.1) is 0 Å². The van der Waals surface area contributed by atoms with Gasteiger partial charge in [-0.05, 0) is 20.4 Å². The average Bonchev–Trinajstić information content (AvgIpc) is 1.87. The topological polar surface area (TPSA) is 12.5 Å². The summed E-state index contributed by atoms with van der Waals surface area (Å²) in [4.78, 5) is 2.45. The van der Waals surface area contributed by atoms with Crippen LogP contribution in [0.5, 0.6) is 0 Å². The number of morpholine rings is 1. The molecule has 1 aliphatic heterocycles. The number of nitrogens with zero attached hydrogens (tertiary/aromatic N) is 1. The van der Waals surface area contributed by atoms with Crippen molar-refractivity contribution in [3.63, 3.8) is 0 Å². The van der Waals surface area contributed by atoms with Gasteiger partial charge in [0.2, 0.25) is 0 Å². The van der Waals surface area contributed by atoms with Crippen LogP contribution in [0.2, 0.25) is 0 Å². The quantitative estimate of drug-likeness (QED) is 0.545. The normalized spacial score (nSPS) is 26.7. The Hall–Kier alpha value is -0.0800. The maximum atomic E-state index is 5.38. The van der Waals surface area contributed by atoms with E-state index in [1.165, 1.54) is 0 Å². The van der Waals surface area contributed by atoms with E-state index in [-0.39, 0.29) is 5.54 Å². The van der Waals surface area contributed by atoms with Gasteiger partial charge in [0, 0.05) is 12.1 Å². The molecule has 1 aliphatic rings. The summed E-state index contributed by atoms with van der Waals surface area (Å²) in [6, 6.07) is 0. The van der Waals surface area contributed by atoms with Crippen molar-refractivity contribution in [3.05, 3.63) is 0 Å². The van der Waals surface area contributed by atoms with Gasteiger partial charge in [0.15, 0.2) is 0 Å². The molecule has 0 spiro atoms. The molecule has 0 radical (unpaired) electrons. The van der Waals surface area contributed by atoms with Gasteiger partial charge >= 0.3 is 0 Å². The van der Waals surface area contributed by atoms with Gasteiger partial charge in [-0.1, -0.05) is 6.92 Å².